The van der Waals surface area contributed by atoms with Crippen molar-refractivity contribution in [3.63, 3.8) is 0 Å². The molecule has 0 aliphatic carbocycles. The van der Waals surface area contributed by atoms with Gasteiger partial charge in [0.05, 0.1) is 0 Å². The first-order valence-corrected chi connectivity index (χ1v) is 8.74. The molecule has 0 aromatic rings. The van der Waals surface area contributed by atoms with Gasteiger partial charge in [0.25, 0.3) is 0 Å². The fourth-order valence-electron chi connectivity index (χ4n) is 2.85. The van der Waals surface area contributed by atoms with Gasteiger partial charge in [-0.15, -0.1) is 0 Å². The molecular formula is C17H36N4. The summed E-state index contributed by atoms with van der Waals surface area (Å²) in [7, 11) is 2.22. The molecule has 0 saturated carbocycles. The third-order valence-electron chi connectivity index (χ3n) is 4.13. The summed E-state index contributed by atoms with van der Waals surface area (Å²) in [6.45, 7) is 13.2. The standard InChI is InChI=1S/C17H36N4/c1-6-18-17(20-15(4)10-9-14(2)3)19-12-16-8-7-11-21(5)13-16/h14-16H,6-13H2,1-5H3,(H2,18,19,20). The highest BCUT2D eigenvalue weighted by Crippen LogP contribution is 2.15. The first kappa shape index (κ1) is 18.3. The Morgan fingerprint density at radius 2 is 2.05 bits per heavy atom. The molecule has 1 fully saturated rings. The van der Waals surface area contributed by atoms with Gasteiger partial charge in [-0.05, 0) is 65.0 Å². The molecule has 0 amide bonds. The van der Waals surface area contributed by atoms with Crippen molar-refractivity contribution in [2.45, 2.75) is 59.4 Å². The summed E-state index contributed by atoms with van der Waals surface area (Å²) >= 11 is 0. The maximum atomic E-state index is 4.81. The minimum Gasteiger partial charge on any atom is -0.357 e. The van der Waals surface area contributed by atoms with Gasteiger partial charge in [-0.25, -0.2) is 0 Å². The lowest BCUT2D eigenvalue weighted by molar-refractivity contribution is 0.214. The van der Waals surface area contributed by atoms with Crippen LogP contribution in [0.25, 0.3) is 0 Å². The Labute approximate surface area is 131 Å². The number of hydrogen-bond donors (Lipinski definition) is 2. The third-order valence-corrected chi connectivity index (χ3v) is 4.13. The number of rotatable bonds is 7. The van der Waals surface area contributed by atoms with Crippen LogP contribution in [0.2, 0.25) is 0 Å². The fraction of sp³-hybridized carbons (Fsp3) is 0.941. The van der Waals surface area contributed by atoms with Gasteiger partial charge >= 0.3 is 0 Å². The average molecular weight is 297 g/mol. The highest BCUT2D eigenvalue weighted by molar-refractivity contribution is 5.80. The van der Waals surface area contributed by atoms with E-state index in [9.17, 15) is 0 Å². The summed E-state index contributed by atoms with van der Waals surface area (Å²) in [4.78, 5) is 7.23. The quantitative estimate of drug-likeness (QED) is 0.560. The predicted molar refractivity (Wildman–Crippen MR) is 92.9 cm³/mol. The van der Waals surface area contributed by atoms with Crippen molar-refractivity contribution < 1.29 is 0 Å². The molecule has 1 aliphatic heterocycles. The lowest BCUT2D eigenvalue weighted by Gasteiger charge is -2.29. The van der Waals surface area contributed by atoms with E-state index < -0.39 is 0 Å². The molecule has 0 aromatic carbocycles. The van der Waals surface area contributed by atoms with E-state index in [0.717, 1.165) is 25.0 Å². The largest absolute Gasteiger partial charge is 0.357 e. The van der Waals surface area contributed by atoms with Crippen LogP contribution in [-0.2, 0) is 0 Å². The Hall–Kier alpha value is -0.770. The van der Waals surface area contributed by atoms with E-state index in [2.05, 4.69) is 50.3 Å². The predicted octanol–water partition coefficient (Wildman–Crippen LogP) is 2.71. The Kier molecular flexibility index (Phi) is 8.74. The van der Waals surface area contributed by atoms with Crippen LogP contribution in [0.15, 0.2) is 4.99 Å². The van der Waals surface area contributed by atoms with Gasteiger partial charge < -0.3 is 15.5 Å². The molecule has 1 aliphatic rings. The van der Waals surface area contributed by atoms with E-state index in [4.69, 9.17) is 4.99 Å². The van der Waals surface area contributed by atoms with Gasteiger partial charge in [0, 0.05) is 25.7 Å². The molecule has 0 aromatic heterocycles. The van der Waals surface area contributed by atoms with Crippen LogP contribution in [0.4, 0.5) is 0 Å². The monoisotopic (exact) mass is 296 g/mol. The van der Waals surface area contributed by atoms with E-state index in [0.29, 0.717) is 12.0 Å². The van der Waals surface area contributed by atoms with Gasteiger partial charge in [-0.1, -0.05) is 13.8 Å². The maximum absolute atomic E-state index is 4.81. The van der Waals surface area contributed by atoms with Crippen LogP contribution < -0.4 is 10.6 Å². The van der Waals surface area contributed by atoms with Crippen molar-refractivity contribution in [3.8, 4) is 0 Å². The summed E-state index contributed by atoms with van der Waals surface area (Å²) in [5, 5.41) is 6.93. The Balaban J connectivity index is 2.41. The van der Waals surface area contributed by atoms with E-state index in [1.54, 1.807) is 0 Å². The Bertz CT molecular complexity index is 301. The minimum atomic E-state index is 0.485. The summed E-state index contributed by atoms with van der Waals surface area (Å²) in [5.74, 6) is 2.47. The van der Waals surface area contributed by atoms with E-state index >= 15 is 0 Å². The Morgan fingerprint density at radius 3 is 2.67 bits per heavy atom. The number of aliphatic imine (C=N–C) groups is 1. The second kappa shape index (κ2) is 10.0. The number of hydrogen-bond acceptors (Lipinski definition) is 2. The molecule has 21 heavy (non-hydrogen) atoms. The summed E-state index contributed by atoms with van der Waals surface area (Å²) < 4.78 is 0. The molecule has 4 heteroatoms. The van der Waals surface area contributed by atoms with Gasteiger partial charge in [0.15, 0.2) is 5.96 Å². The van der Waals surface area contributed by atoms with Crippen molar-refractivity contribution in [2.24, 2.45) is 16.8 Å². The summed E-state index contributed by atoms with van der Waals surface area (Å²) in [5.41, 5.74) is 0. The van der Waals surface area contributed by atoms with E-state index in [1.165, 1.54) is 38.8 Å². The molecule has 1 rings (SSSR count). The molecule has 4 nitrogen and oxygen atoms in total. The normalized spacial score (nSPS) is 22.4. The molecule has 124 valence electrons. The zero-order valence-corrected chi connectivity index (χ0v) is 14.8. The highest BCUT2D eigenvalue weighted by atomic mass is 15.2. The van der Waals surface area contributed by atoms with Crippen molar-refractivity contribution in [1.82, 2.24) is 15.5 Å². The van der Waals surface area contributed by atoms with Crippen LogP contribution in [0.1, 0.15) is 53.4 Å². The molecule has 1 heterocycles. The number of nitrogens with one attached hydrogen (secondary N) is 2. The molecular weight excluding hydrogens is 260 g/mol. The number of likely N-dealkylation sites (tertiary alicyclic amines) is 1. The summed E-state index contributed by atoms with van der Waals surface area (Å²) in [6, 6.07) is 0.485. The van der Waals surface area contributed by atoms with E-state index in [-0.39, 0.29) is 0 Å². The van der Waals surface area contributed by atoms with Gasteiger partial charge in [-0.2, -0.15) is 0 Å². The molecule has 2 N–H and O–H groups in total. The van der Waals surface area contributed by atoms with E-state index in [1.807, 2.05) is 0 Å². The summed E-state index contributed by atoms with van der Waals surface area (Å²) in [6.07, 6.45) is 5.09. The van der Waals surface area contributed by atoms with Crippen LogP contribution in [-0.4, -0.2) is 50.1 Å². The molecule has 0 spiro atoms. The smallest absolute Gasteiger partial charge is 0.191 e. The van der Waals surface area contributed by atoms with Crippen LogP contribution in [0.5, 0.6) is 0 Å². The number of piperidine rings is 1. The fourth-order valence-corrected chi connectivity index (χ4v) is 2.85. The molecule has 2 unspecified atom stereocenters. The molecule has 0 radical (unpaired) electrons. The zero-order valence-electron chi connectivity index (χ0n) is 14.8. The maximum Gasteiger partial charge on any atom is 0.191 e. The van der Waals surface area contributed by atoms with Crippen molar-refractivity contribution in [3.05, 3.63) is 0 Å². The minimum absolute atomic E-state index is 0.485. The van der Waals surface area contributed by atoms with Gasteiger partial charge in [0.2, 0.25) is 0 Å². The number of nitrogens with zero attached hydrogens (tertiary/aromatic N) is 2. The topological polar surface area (TPSA) is 39.7 Å². The van der Waals surface area contributed by atoms with Gasteiger partial charge in [0.1, 0.15) is 0 Å². The second-order valence-electron chi connectivity index (χ2n) is 7.01. The Morgan fingerprint density at radius 1 is 1.29 bits per heavy atom. The second-order valence-corrected chi connectivity index (χ2v) is 7.01. The first-order chi connectivity index (χ1) is 10.0. The molecule has 0 bridgehead atoms. The third kappa shape index (κ3) is 8.30. The number of guanidine groups is 1. The average Bonchev–Trinajstić information content (AvgIpc) is 2.43. The SMILES string of the molecule is CCNC(=NCC1CCCN(C)C1)NC(C)CCC(C)C. The van der Waals surface area contributed by atoms with Crippen LogP contribution in [0.3, 0.4) is 0 Å². The van der Waals surface area contributed by atoms with Gasteiger partial charge in [-0.3, -0.25) is 4.99 Å². The van der Waals surface area contributed by atoms with Crippen molar-refractivity contribution in [1.29, 1.82) is 0 Å². The lowest BCUT2D eigenvalue weighted by atomic mass is 9.99. The van der Waals surface area contributed by atoms with Crippen LogP contribution >= 0.6 is 0 Å². The molecule has 1 saturated heterocycles. The van der Waals surface area contributed by atoms with Crippen LogP contribution in [0, 0.1) is 11.8 Å². The first-order valence-electron chi connectivity index (χ1n) is 8.74. The molecule has 2 atom stereocenters. The van der Waals surface area contributed by atoms with Crippen molar-refractivity contribution in [2.75, 3.05) is 33.2 Å². The highest BCUT2D eigenvalue weighted by Gasteiger charge is 2.17. The lowest BCUT2D eigenvalue weighted by Crippen LogP contribution is -2.43. The zero-order chi connectivity index (χ0) is 15.7. The van der Waals surface area contributed by atoms with Crippen molar-refractivity contribution >= 4 is 5.96 Å².